The standard InChI is InChI=1S/C45H33B5N4O/c46-38-35(39(47)41(49)42(50)40(38)48)24-20-22-26(23-21-24)44-51-43(25-10-2-1-3-11-25)52-45(53-44)29-14-8-18-33-36(29)37-32(17-9-19-34(37)55-33)54-30-15-6-4-12-27(30)28-13-5-7-16-31(28)54/h1-23H,46-50H2. The molecule has 0 aliphatic rings. The molecule has 55 heavy (non-hydrogen) atoms. The van der Waals surface area contributed by atoms with Crippen LogP contribution < -0.4 is 27.3 Å². The molecule has 0 saturated heterocycles. The normalized spacial score (nSPS) is 11.6. The zero-order valence-corrected chi connectivity index (χ0v) is 31.5. The molecule has 0 aliphatic heterocycles. The molecule has 3 aromatic heterocycles. The van der Waals surface area contributed by atoms with Crippen LogP contribution in [-0.2, 0) is 0 Å². The van der Waals surface area contributed by atoms with E-state index in [4.69, 9.17) is 19.4 Å². The van der Waals surface area contributed by atoms with Crippen LogP contribution >= 0.6 is 0 Å². The highest BCUT2D eigenvalue weighted by molar-refractivity contribution is 6.68. The van der Waals surface area contributed by atoms with Gasteiger partial charge in [-0.1, -0.05) is 120 Å². The van der Waals surface area contributed by atoms with E-state index in [9.17, 15) is 0 Å². The molecule has 0 atom stereocenters. The van der Waals surface area contributed by atoms with Crippen LogP contribution in [0.4, 0.5) is 0 Å². The van der Waals surface area contributed by atoms with E-state index in [0.29, 0.717) is 17.5 Å². The quantitative estimate of drug-likeness (QED) is 0.260. The third kappa shape index (κ3) is 5.19. The summed E-state index contributed by atoms with van der Waals surface area (Å²) in [4.78, 5) is 15.5. The van der Waals surface area contributed by atoms with Crippen molar-refractivity contribution >= 4 is 110 Å². The first-order chi connectivity index (χ1) is 26.9. The molecule has 0 bridgehead atoms. The highest BCUT2D eigenvalue weighted by atomic mass is 16.3. The van der Waals surface area contributed by atoms with Crippen molar-refractivity contribution in [2.24, 2.45) is 0 Å². The van der Waals surface area contributed by atoms with E-state index >= 15 is 0 Å². The number of para-hydroxylation sites is 2. The minimum atomic E-state index is 0.592. The highest BCUT2D eigenvalue weighted by Crippen LogP contribution is 2.42. The minimum absolute atomic E-state index is 0.592. The first-order valence-electron chi connectivity index (χ1n) is 18.8. The smallest absolute Gasteiger partial charge is 0.164 e. The number of rotatable bonds is 5. The predicted molar refractivity (Wildman–Crippen MR) is 244 cm³/mol. The lowest BCUT2D eigenvalue weighted by Gasteiger charge is -2.20. The molecule has 0 N–H and O–H groups in total. The third-order valence-corrected chi connectivity index (χ3v) is 11.7. The largest absolute Gasteiger partial charge is 0.456 e. The van der Waals surface area contributed by atoms with E-state index in [-0.39, 0.29) is 0 Å². The Morgan fingerprint density at radius 2 is 0.891 bits per heavy atom. The van der Waals surface area contributed by atoms with Crippen molar-refractivity contribution in [2.45, 2.75) is 0 Å². The molecule has 0 amide bonds. The molecule has 10 rings (SSSR count). The second-order valence-electron chi connectivity index (χ2n) is 14.6. The summed E-state index contributed by atoms with van der Waals surface area (Å²) < 4.78 is 8.98. The van der Waals surface area contributed by atoms with Crippen LogP contribution in [0.5, 0.6) is 0 Å². The van der Waals surface area contributed by atoms with Gasteiger partial charge >= 0.3 is 0 Å². The van der Waals surface area contributed by atoms with Gasteiger partial charge in [-0.2, -0.15) is 0 Å². The molecule has 0 fully saturated rings. The monoisotopic (exact) mass is 700 g/mol. The van der Waals surface area contributed by atoms with Crippen molar-refractivity contribution in [1.82, 2.24) is 19.5 Å². The molecule has 10 heteroatoms. The maximum Gasteiger partial charge on any atom is 0.164 e. The molecule has 10 aromatic rings. The van der Waals surface area contributed by atoms with Gasteiger partial charge < -0.3 is 8.98 Å². The van der Waals surface area contributed by atoms with Crippen LogP contribution in [0, 0.1) is 0 Å². The lowest BCUT2D eigenvalue weighted by molar-refractivity contribution is 0.669. The first-order valence-corrected chi connectivity index (χ1v) is 18.8. The Morgan fingerprint density at radius 1 is 0.400 bits per heavy atom. The fourth-order valence-corrected chi connectivity index (χ4v) is 8.46. The van der Waals surface area contributed by atoms with Gasteiger partial charge in [0.05, 0.1) is 22.1 Å². The van der Waals surface area contributed by atoms with Crippen LogP contribution in [0.3, 0.4) is 0 Å². The van der Waals surface area contributed by atoms with Crippen LogP contribution in [0.2, 0.25) is 0 Å². The van der Waals surface area contributed by atoms with Gasteiger partial charge in [0.25, 0.3) is 0 Å². The molecule has 0 aliphatic carbocycles. The second-order valence-corrected chi connectivity index (χ2v) is 14.6. The number of hydrogen-bond acceptors (Lipinski definition) is 4. The van der Waals surface area contributed by atoms with Gasteiger partial charge in [0.1, 0.15) is 50.4 Å². The molecular weight excluding hydrogens is 667 g/mol. The summed E-state index contributed by atoms with van der Waals surface area (Å²) in [5.74, 6) is 1.83. The first kappa shape index (κ1) is 33.1. The van der Waals surface area contributed by atoms with Crippen LogP contribution in [0.25, 0.3) is 94.7 Å². The van der Waals surface area contributed by atoms with Crippen LogP contribution in [0.1, 0.15) is 0 Å². The van der Waals surface area contributed by atoms with Gasteiger partial charge in [-0.15, -0.1) is 16.4 Å². The summed E-state index contributed by atoms with van der Waals surface area (Å²) in [6, 6.07) is 48.5. The number of benzene rings is 7. The fraction of sp³-hybridized carbons (Fsp3) is 0. The summed E-state index contributed by atoms with van der Waals surface area (Å²) in [6.07, 6.45) is 0. The van der Waals surface area contributed by atoms with Crippen LogP contribution in [-0.4, -0.2) is 58.8 Å². The van der Waals surface area contributed by atoms with Gasteiger partial charge in [-0.25, -0.2) is 15.0 Å². The number of hydrogen-bond donors (Lipinski definition) is 0. The number of nitrogens with zero attached hydrogens (tertiary/aromatic N) is 4. The SMILES string of the molecule is Bc1c(B)c(B)c(-c2ccc(-c3nc(-c4ccccc4)nc(-c4cccc5oc6cccc(-n7c8ccccc8c8ccccc87)c6c45)n3)cc2)c(B)c1B. The maximum atomic E-state index is 6.62. The number of fused-ring (bicyclic) bond motifs is 6. The molecule has 254 valence electrons. The second kappa shape index (κ2) is 12.8. The lowest BCUT2D eigenvalue weighted by Crippen LogP contribution is -2.55. The Hall–Kier alpha value is -6.53. The van der Waals surface area contributed by atoms with Crippen molar-refractivity contribution in [3.05, 3.63) is 140 Å². The molecule has 5 nitrogen and oxygen atoms in total. The van der Waals surface area contributed by atoms with E-state index < -0.39 is 0 Å². The Kier molecular flexibility index (Phi) is 7.70. The maximum absolute atomic E-state index is 6.62. The summed E-state index contributed by atoms with van der Waals surface area (Å²) in [5, 5.41) is 4.41. The Bertz CT molecular complexity index is 3070. The Morgan fingerprint density at radius 3 is 1.53 bits per heavy atom. The lowest BCUT2D eigenvalue weighted by atomic mass is 9.59. The van der Waals surface area contributed by atoms with Crippen molar-refractivity contribution < 1.29 is 4.42 Å². The zero-order chi connectivity index (χ0) is 37.4. The van der Waals surface area contributed by atoms with E-state index in [1.165, 1.54) is 49.2 Å². The predicted octanol–water partition coefficient (Wildman–Crippen LogP) is 2.83. The molecule has 0 saturated carbocycles. The van der Waals surface area contributed by atoms with E-state index in [2.05, 4.69) is 135 Å². The topological polar surface area (TPSA) is 56.7 Å². The molecule has 7 aromatic carbocycles. The molecule has 0 radical (unpaired) electrons. The zero-order valence-electron chi connectivity index (χ0n) is 31.5. The summed E-state index contributed by atoms with van der Waals surface area (Å²) in [6.45, 7) is 0. The molecular formula is C45H33B5N4O. The van der Waals surface area contributed by atoms with Gasteiger partial charge in [-0.3, -0.25) is 0 Å². The highest BCUT2D eigenvalue weighted by Gasteiger charge is 2.22. The molecule has 0 unspecified atom stereocenters. The van der Waals surface area contributed by atoms with Gasteiger partial charge in [0.2, 0.25) is 0 Å². The summed E-state index contributed by atoms with van der Waals surface area (Å²) in [5.41, 5.74) is 16.8. The van der Waals surface area contributed by atoms with Gasteiger partial charge in [0.15, 0.2) is 17.5 Å². The van der Waals surface area contributed by atoms with Crippen molar-refractivity contribution in [3.63, 3.8) is 0 Å². The Balaban J connectivity index is 1.20. The average molecular weight is 700 g/mol. The molecule has 0 spiro atoms. The Labute approximate surface area is 323 Å². The van der Waals surface area contributed by atoms with E-state index in [0.717, 1.165) is 55.3 Å². The molecule has 3 heterocycles. The van der Waals surface area contributed by atoms with Crippen molar-refractivity contribution in [3.8, 4) is 51.0 Å². The van der Waals surface area contributed by atoms with E-state index in [1.807, 2.05) is 48.5 Å². The average Bonchev–Trinajstić information content (AvgIpc) is 3.79. The van der Waals surface area contributed by atoms with Gasteiger partial charge in [-0.05, 0) is 41.5 Å². The third-order valence-electron chi connectivity index (χ3n) is 11.7. The van der Waals surface area contributed by atoms with Crippen LogP contribution in [0.15, 0.2) is 144 Å². The van der Waals surface area contributed by atoms with Crippen molar-refractivity contribution in [2.75, 3.05) is 0 Å². The summed E-state index contributed by atoms with van der Waals surface area (Å²) in [7, 11) is 11.1. The number of aromatic nitrogens is 4. The summed E-state index contributed by atoms with van der Waals surface area (Å²) >= 11 is 0. The minimum Gasteiger partial charge on any atom is -0.456 e. The van der Waals surface area contributed by atoms with Gasteiger partial charge in [0, 0.05) is 32.8 Å². The van der Waals surface area contributed by atoms with E-state index in [1.54, 1.807) is 0 Å². The number of furan rings is 1. The fourth-order valence-electron chi connectivity index (χ4n) is 8.46. The van der Waals surface area contributed by atoms with Crippen molar-refractivity contribution in [1.29, 1.82) is 0 Å².